The van der Waals surface area contributed by atoms with Crippen LogP contribution in [0.2, 0.25) is 0 Å². The number of nitrogens with zero attached hydrogens (tertiary/aromatic N) is 1. The molecule has 3 aliphatic carbocycles. The highest BCUT2D eigenvalue weighted by Crippen LogP contribution is 2.65. The molecule has 0 amide bonds. The molecule has 2 saturated carbocycles. The van der Waals surface area contributed by atoms with Crippen LogP contribution in [-0.2, 0) is 16.7 Å². The number of likely N-dealkylation sites (tertiary alicyclic amines) is 1. The van der Waals surface area contributed by atoms with E-state index in [1.54, 1.807) is 13.2 Å². The number of piperidine rings is 1. The number of hydroxylamine groups is 1. The fourth-order valence-electron chi connectivity index (χ4n) is 6.75. The second kappa shape index (κ2) is 5.38. The van der Waals surface area contributed by atoms with E-state index in [2.05, 4.69) is 10.4 Å². The summed E-state index contributed by atoms with van der Waals surface area (Å²) in [6.07, 6.45) is 5.67. The molecule has 0 aromatic heterocycles. The van der Waals surface area contributed by atoms with Gasteiger partial charge in [-0.1, -0.05) is 6.07 Å². The summed E-state index contributed by atoms with van der Waals surface area (Å²) in [4.78, 5) is 7.82. The van der Waals surface area contributed by atoms with E-state index >= 15 is 0 Å². The molecular weight excluding hydrogens is 344 g/mol. The molecule has 1 spiro atoms. The molecule has 6 rings (SSSR count). The number of nitrogens with one attached hydrogen (secondary N) is 1. The molecule has 6 nitrogen and oxygen atoms in total. The first kappa shape index (κ1) is 16.6. The Kier molecular flexibility index (Phi) is 3.31. The van der Waals surface area contributed by atoms with Crippen LogP contribution in [0.15, 0.2) is 12.1 Å². The molecule has 3 fully saturated rings. The van der Waals surface area contributed by atoms with Gasteiger partial charge in [0, 0.05) is 18.2 Å². The number of ether oxygens (including phenoxy) is 1. The molecule has 6 heteroatoms. The van der Waals surface area contributed by atoms with Crippen LogP contribution in [0.1, 0.15) is 43.2 Å². The Morgan fingerprint density at radius 1 is 1.30 bits per heavy atom. The van der Waals surface area contributed by atoms with Crippen molar-refractivity contribution in [1.29, 1.82) is 0 Å². The first-order valence-corrected chi connectivity index (χ1v) is 10.4. The number of phenolic OH excluding ortho intramolecular Hbond substituents is 1. The van der Waals surface area contributed by atoms with Gasteiger partial charge in [-0.2, -0.15) is 5.48 Å². The highest BCUT2D eigenvalue weighted by molar-refractivity contribution is 5.62. The number of phenols is 1. The molecule has 2 bridgehead atoms. The molecule has 27 heavy (non-hydrogen) atoms. The molecule has 5 atom stereocenters. The molecule has 0 radical (unpaired) electrons. The smallest absolute Gasteiger partial charge is 0.165 e. The first-order valence-electron chi connectivity index (χ1n) is 10.4. The van der Waals surface area contributed by atoms with Gasteiger partial charge < -0.3 is 19.8 Å². The van der Waals surface area contributed by atoms with Crippen molar-refractivity contribution in [1.82, 2.24) is 10.4 Å². The Hall–Kier alpha value is -1.34. The number of benzene rings is 1. The van der Waals surface area contributed by atoms with Crippen LogP contribution < -0.4 is 10.2 Å². The Morgan fingerprint density at radius 3 is 2.93 bits per heavy atom. The summed E-state index contributed by atoms with van der Waals surface area (Å²) in [5.74, 6) is 1.59. The monoisotopic (exact) mass is 372 g/mol. The lowest BCUT2D eigenvalue weighted by atomic mass is 9.48. The van der Waals surface area contributed by atoms with Gasteiger partial charge in [0.1, 0.15) is 6.10 Å². The third kappa shape index (κ3) is 1.95. The summed E-state index contributed by atoms with van der Waals surface area (Å²) < 4.78 is 6.40. The van der Waals surface area contributed by atoms with E-state index in [9.17, 15) is 10.2 Å². The largest absolute Gasteiger partial charge is 0.504 e. The van der Waals surface area contributed by atoms with Crippen molar-refractivity contribution in [2.45, 2.75) is 67.7 Å². The van der Waals surface area contributed by atoms with Gasteiger partial charge in [-0.25, -0.2) is 0 Å². The van der Waals surface area contributed by atoms with Gasteiger partial charge in [-0.05, 0) is 62.6 Å². The number of hydrogen-bond acceptors (Lipinski definition) is 6. The Morgan fingerprint density at radius 2 is 2.15 bits per heavy atom. The van der Waals surface area contributed by atoms with Crippen molar-refractivity contribution in [2.75, 3.05) is 20.2 Å². The van der Waals surface area contributed by atoms with Crippen LogP contribution in [0.3, 0.4) is 0 Å². The van der Waals surface area contributed by atoms with Crippen molar-refractivity contribution in [2.24, 2.45) is 5.92 Å². The van der Waals surface area contributed by atoms with E-state index in [-0.39, 0.29) is 23.9 Å². The van der Waals surface area contributed by atoms with Gasteiger partial charge in [-0.15, -0.1) is 0 Å². The van der Waals surface area contributed by atoms with E-state index in [1.807, 2.05) is 6.07 Å². The van der Waals surface area contributed by atoms with Gasteiger partial charge in [0.15, 0.2) is 11.5 Å². The van der Waals surface area contributed by atoms with Crippen LogP contribution in [0.5, 0.6) is 11.5 Å². The minimum Gasteiger partial charge on any atom is -0.504 e. The second-order valence-corrected chi connectivity index (χ2v) is 9.26. The maximum absolute atomic E-state index is 12.2. The summed E-state index contributed by atoms with van der Waals surface area (Å²) in [6.45, 7) is 2.09. The number of rotatable bonds is 4. The first-order chi connectivity index (χ1) is 13.1. The zero-order valence-electron chi connectivity index (χ0n) is 15.8. The summed E-state index contributed by atoms with van der Waals surface area (Å²) in [6, 6.07) is 3.93. The van der Waals surface area contributed by atoms with E-state index < -0.39 is 11.0 Å². The summed E-state index contributed by atoms with van der Waals surface area (Å²) in [5.41, 5.74) is 4.13. The van der Waals surface area contributed by atoms with Crippen molar-refractivity contribution < 1.29 is 19.8 Å². The maximum Gasteiger partial charge on any atom is 0.165 e. The molecule has 3 N–H and O–H groups in total. The van der Waals surface area contributed by atoms with Gasteiger partial charge >= 0.3 is 0 Å². The third-order valence-corrected chi connectivity index (χ3v) is 8.03. The van der Waals surface area contributed by atoms with Crippen molar-refractivity contribution in [3.05, 3.63) is 23.3 Å². The molecule has 2 aliphatic heterocycles. The van der Waals surface area contributed by atoms with Crippen LogP contribution in [0, 0.1) is 5.92 Å². The molecule has 0 unspecified atom stereocenters. The molecule has 1 aromatic carbocycles. The summed E-state index contributed by atoms with van der Waals surface area (Å²) in [7, 11) is 1.63. The molecule has 1 saturated heterocycles. The second-order valence-electron chi connectivity index (χ2n) is 9.26. The Labute approximate surface area is 159 Å². The van der Waals surface area contributed by atoms with Crippen LogP contribution >= 0.6 is 0 Å². The Balaban J connectivity index is 1.53. The lowest BCUT2D eigenvalue weighted by Crippen LogP contribution is -2.78. The van der Waals surface area contributed by atoms with Crippen LogP contribution in [0.25, 0.3) is 0 Å². The fourth-order valence-corrected chi connectivity index (χ4v) is 6.75. The maximum atomic E-state index is 12.2. The van der Waals surface area contributed by atoms with Crippen LogP contribution in [0.4, 0.5) is 0 Å². The Bertz CT molecular complexity index is 797. The summed E-state index contributed by atoms with van der Waals surface area (Å²) >= 11 is 0. The van der Waals surface area contributed by atoms with E-state index in [0.29, 0.717) is 5.75 Å². The van der Waals surface area contributed by atoms with Crippen molar-refractivity contribution in [3.8, 4) is 11.5 Å². The van der Waals surface area contributed by atoms with Crippen molar-refractivity contribution in [3.63, 3.8) is 0 Å². The lowest BCUT2D eigenvalue weighted by Gasteiger charge is -2.64. The minimum atomic E-state index is -0.817. The highest BCUT2D eigenvalue weighted by atomic mass is 16.6. The van der Waals surface area contributed by atoms with Gasteiger partial charge in [-0.3, -0.25) is 4.90 Å². The number of aromatic hydroxyl groups is 1. The lowest BCUT2D eigenvalue weighted by molar-refractivity contribution is -0.199. The van der Waals surface area contributed by atoms with E-state index in [0.717, 1.165) is 50.3 Å². The molecule has 5 aliphatic rings. The number of aliphatic hydroxyl groups is 1. The van der Waals surface area contributed by atoms with Gasteiger partial charge in [0.25, 0.3) is 0 Å². The molecule has 1 aromatic rings. The highest BCUT2D eigenvalue weighted by Gasteiger charge is 2.73. The van der Waals surface area contributed by atoms with E-state index in [1.165, 1.54) is 18.4 Å². The standard InChI is InChI=1S/C21H28N2O4/c1-26-22-14-6-7-21(25)16-10-13-4-5-15(24)18-17(13)20(21,19(14)27-18)8-9-23(16)11-12-2-3-12/h4-5,12,14,16,19,22,24-25H,2-3,6-11H2,1H3/t14-,16-,19+,20+,21-/m1/s1. The predicted octanol–water partition coefficient (Wildman–Crippen LogP) is 1.48. The average molecular weight is 372 g/mol. The topological polar surface area (TPSA) is 74.2 Å². The fraction of sp³-hybridized carbons (Fsp3) is 0.714. The van der Waals surface area contributed by atoms with Gasteiger partial charge in [0.05, 0.1) is 24.2 Å². The zero-order chi connectivity index (χ0) is 18.4. The SMILES string of the molecule is CON[C@@H]1CC[C@@]2(O)[C@H]3Cc4ccc(O)c5c4[C@@]2(CCN3CC2CC2)[C@H]1O5. The van der Waals surface area contributed by atoms with Crippen LogP contribution in [-0.4, -0.2) is 59.1 Å². The normalized spacial score (nSPS) is 41.9. The quantitative estimate of drug-likeness (QED) is 0.695. The zero-order valence-corrected chi connectivity index (χ0v) is 15.8. The molecular formula is C21H28N2O4. The molecule has 2 heterocycles. The van der Waals surface area contributed by atoms with Crippen molar-refractivity contribution >= 4 is 0 Å². The minimum absolute atomic E-state index is 0.00339. The third-order valence-electron chi connectivity index (χ3n) is 8.03. The van der Waals surface area contributed by atoms with Gasteiger partial charge in [0.2, 0.25) is 0 Å². The molecule has 146 valence electrons. The number of hydrogen-bond donors (Lipinski definition) is 3. The summed E-state index contributed by atoms with van der Waals surface area (Å²) in [5, 5.41) is 22.7. The average Bonchev–Trinajstić information content (AvgIpc) is 3.39. The predicted molar refractivity (Wildman–Crippen MR) is 98.7 cm³/mol. The van der Waals surface area contributed by atoms with E-state index in [4.69, 9.17) is 9.57 Å².